The first-order valence-electron chi connectivity index (χ1n) is 11.3. The van der Waals surface area contributed by atoms with E-state index in [1.54, 1.807) is 18.2 Å². The molecular weight excluding hydrogens is 366 g/mol. The summed E-state index contributed by atoms with van der Waals surface area (Å²) in [6, 6.07) is 8.06. The number of carbonyl (C=O) groups is 1. The Morgan fingerprint density at radius 1 is 0.966 bits per heavy atom. The number of rotatable bonds is 6. The zero-order valence-electron chi connectivity index (χ0n) is 18.5. The first-order valence-corrected chi connectivity index (χ1v) is 11.3. The number of aliphatic hydroxyl groups is 1. The molecule has 0 bridgehead atoms. The maximum absolute atomic E-state index is 10.1. The van der Waals surface area contributed by atoms with E-state index < -0.39 is 5.97 Å². The number of aliphatic hydroxyl groups excluding tert-OH is 1. The molecule has 0 aromatic heterocycles. The van der Waals surface area contributed by atoms with Crippen LogP contribution < -0.4 is 5.11 Å². The Bertz CT molecular complexity index is 521. The molecule has 0 amide bonds. The molecule has 166 valence electrons. The summed E-state index contributed by atoms with van der Waals surface area (Å²) < 4.78 is 6.92. The zero-order chi connectivity index (χ0) is 21.4. The highest BCUT2D eigenvalue weighted by Crippen LogP contribution is 2.19. The van der Waals surface area contributed by atoms with Crippen LogP contribution in [0.1, 0.15) is 81.0 Å². The molecule has 29 heavy (non-hydrogen) atoms. The third kappa shape index (κ3) is 13.4. The number of carboxylic acids is 1. The Morgan fingerprint density at radius 2 is 1.45 bits per heavy atom. The monoisotopic (exact) mass is 407 g/mol. The van der Waals surface area contributed by atoms with Crippen molar-refractivity contribution in [2.45, 2.75) is 76.7 Å². The number of hydrogen-bond donors (Lipinski definition) is 1. The SMILES string of the molecule is C[N+](C)(CCO)COC1CCCCCCCCCCC1.O=C([O-])c1ccccc1. The average Bonchev–Trinajstić information content (AvgIpc) is 2.69. The van der Waals surface area contributed by atoms with E-state index in [0.717, 1.165) is 17.8 Å². The predicted molar refractivity (Wildman–Crippen MR) is 115 cm³/mol. The summed E-state index contributed by atoms with van der Waals surface area (Å²) in [7, 11) is 4.26. The zero-order valence-corrected chi connectivity index (χ0v) is 18.5. The van der Waals surface area contributed by atoms with Gasteiger partial charge in [0.2, 0.25) is 0 Å². The van der Waals surface area contributed by atoms with Gasteiger partial charge in [-0.1, -0.05) is 88.1 Å². The molecule has 5 nitrogen and oxygen atoms in total. The van der Waals surface area contributed by atoms with Crippen molar-refractivity contribution in [1.29, 1.82) is 0 Å². The number of benzene rings is 1. The Hall–Kier alpha value is -1.43. The van der Waals surface area contributed by atoms with Crippen LogP contribution in [0.25, 0.3) is 0 Å². The Kier molecular flexibility index (Phi) is 13.6. The average molecular weight is 408 g/mol. The minimum atomic E-state index is -1.13. The highest BCUT2D eigenvalue weighted by Gasteiger charge is 2.18. The Balaban J connectivity index is 0.000000387. The van der Waals surface area contributed by atoms with E-state index in [-0.39, 0.29) is 12.2 Å². The molecule has 0 unspecified atom stereocenters. The van der Waals surface area contributed by atoms with E-state index in [2.05, 4.69) is 14.1 Å². The topological polar surface area (TPSA) is 69.6 Å². The molecule has 0 spiro atoms. The van der Waals surface area contributed by atoms with Crippen LogP contribution in [-0.2, 0) is 4.74 Å². The molecule has 5 heteroatoms. The molecule has 1 saturated carbocycles. The van der Waals surface area contributed by atoms with Crippen molar-refractivity contribution in [2.75, 3.05) is 34.0 Å². The molecule has 0 aliphatic heterocycles. The van der Waals surface area contributed by atoms with Crippen molar-refractivity contribution in [2.24, 2.45) is 0 Å². The first-order chi connectivity index (χ1) is 13.9. The second-order valence-corrected chi connectivity index (χ2v) is 8.71. The summed E-state index contributed by atoms with van der Waals surface area (Å²) in [5.74, 6) is -1.13. The normalized spacial score (nSPS) is 17.3. The van der Waals surface area contributed by atoms with Crippen LogP contribution in [0.5, 0.6) is 0 Å². The molecular formula is C24H41NO4. The fraction of sp³-hybridized carbons (Fsp3) is 0.708. The van der Waals surface area contributed by atoms with Crippen LogP contribution in [0.15, 0.2) is 30.3 Å². The number of likely N-dealkylation sites (N-methyl/N-ethyl adjacent to an activating group) is 1. The van der Waals surface area contributed by atoms with Gasteiger partial charge < -0.3 is 24.2 Å². The highest BCUT2D eigenvalue weighted by molar-refractivity contribution is 5.85. The number of carbonyl (C=O) groups excluding carboxylic acids is 1. The molecule has 1 aliphatic rings. The van der Waals surface area contributed by atoms with Crippen molar-refractivity contribution in [3.8, 4) is 0 Å². The van der Waals surface area contributed by atoms with Gasteiger partial charge in [0.15, 0.2) is 6.73 Å². The molecule has 1 N–H and O–H groups in total. The third-order valence-corrected chi connectivity index (χ3v) is 5.43. The lowest BCUT2D eigenvalue weighted by molar-refractivity contribution is -0.910. The van der Waals surface area contributed by atoms with Crippen LogP contribution in [0.3, 0.4) is 0 Å². The molecule has 0 radical (unpaired) electrons. The van der Waals surface area contributed by atoms with Gasteiger partial charge in [0, 0.05) is 0 Å². The number of ether oxygens (including phenoxy) is 1. The van der Waals surface area contributed by atoms with Crippen molar-refractivity contribution in [3.63, 3.8) is 0 Å². The first kappa shape index (κ1) is 25.6. The van der Waals surface area contributed by atoms with Crippen molar-refractivity contribution >= 4 is 5.97 Å². The summed E-state index contributed by atoms with van der Waals surface area (Å²) in [5, 5.41) is 19.2. The fourth-order valence-corrected chi connectivity index (χ4v) is 3.51. The van der Waals surface area contributed by atoms with Gasteiger partial charge in [-0.15, -0.1) is 0 Å². The molecule has 1 fully saturated rings. The van der Waals surface area contributed by atoms with E-state index in [1.165, 1.54) is 82.8 Å². The molecule has 1 aromatic carbocycles. The van der Waals surface area contributed by atoms with Gasteiger partial charge in [0.1, 0.15) is 6.54 Å². The second kappa shape index (κ2) is 15.4. The molecule has 2 rings (SSSR count). The Morgan fingerprint density at radius 3 is 1.86 bits per heavy atom. The van der Waals surface area contributed by atoms with Gasteiger partial charge in [-0.25, -0.2) is 0 Å². The van der Waals surface area contributed by atoms with E-state index in [9.17, 15) is 9.90 Å². The van der Waals surface area contributed by atoms with Crippen LogP contribution in [-0.4, -0.2) is 55.6 Å². The summed E-state index contributed by atoms with van der Waals surface area (Å²) in [6.07, 6.45) is 15.3. The van der Waals surface area contributed by atoms with Crippen LogP contribution in [0.2, 0.25) is 0 Å². The van der Waals surface area contributed by atoms with Crippen molar-refractivity contribution < 1.29 is 24.2 Å². The van der Waals surface area contributed by atoms with Gasteiger partial charge in [-0.05, 0) is 18.4 Å². The predicted octanol–water partition coefficient (Wildman–Crippen LogP) is 3.75. The highest BCUT2D eigenvalue weighted by atomic mass is 16.5. The number of aromatic carboxylic acids is 1. The van der Waals surface area contributed by atoms with Crippen LogP contribution in [0.4, 0.5) is 0 Å². The van der Waals surface area contributed by atoms with E-state index >= 15 is 0 Å². The van der Waals surface area contributed by atoms with E-state index in [1.807, 2.05) is 0 Å². The van der Waals surface area contributed by atoms with Gasteiger partial charge >= 0.3 is 0 Å². The van der Waals surface area contributed by atoms with E-state index in [4.69, 9.17) is 9.84 Å². The van der Waals surface area contributed by atoms with Gasteiger partial charge in [-0.3, -0.25) is 0 Å². The van der Waals surface area contributed by atoms with Crippen LogP contribution >= 0.6 is 0 Å². The Labute approximate surface area is 177 Å². The number of hydrogen-bond acceptors (Lipinski definition) is 4. The van der Waals surface area contributed by atoms with Crippen molar-refractivity contribution in [1.82, 2.24) is 0 Å². The lowest BCUT2D eigenvalue weighted by atomic mass is 9.99. The lowest BCUT2D eigenvalue weighted by Gasteiger charge is -2.30. The number of quaternary nitrogens is 1. The van der Waals surface area contributed by atoms with Crippen molar-refractivity contribution in [3.05, 3.63) is 35.9 Å². The minimum absolute atomic E-state index is 0.220. The summed E-state index contributed by atoms with van der Waals surface area (Å²) >= 11 is 0. The number of carboxylic acid groups (broad SMARTS) is 1. The van der Waals surface area contributed by atoms with Gasteiger partial charge in [0.05, 0.1) is 32.8 Å². The molecule has 0 saturated heterocycles. The molecule has 0 atom stereocenters. The summed E-state index contributed by atoms with van der Waals surface area (Å²) in [4.78, 5) is 10.1. The summed E-state index contributed by atoms with van der Waals surface area (Å²) in [6.45, 7) is 1.74. The standard InChI is InChI=1S/C17H36NO2.C7H6O2/c1-18(2,14-15-19)16-20-17-12-10-8-6-4-3-5-7-9-11-13-17;8-7(9)6-4-2-1-3-5-6/h17,19H,3-16H2,1-2H3;1-5H,(H,8,9)/q+1;/p-1. The molecule has 0 heterocycles. The maximum atomic E-state index is 10.1. The second-order valence-electron chi connectivity index (χ2n) is 8.71. The summed E-state index contributed by atoms with van der Waals surface area (Å²) in [5.41, 5.74) is 0.220. The van der Waals surface area contributed by atoms with Gasteiger partial charge in [0.25, 0.3) is 0 Å². The maximum Gasteiger partial charge on any atom is 0.183 e. The fourth-order valence-electron chi connectivity index (χ4n) is 3.51. The molecule has 1 aliphatic carbocycles. The third-order valence-electron chi connectivity index (χ3n) is 5.43. The largest absolute Gasteiger partial charge is 0.545 e. The number of nitrogens with zero attached hydrogens (tertiary/aromatic N) is 1. The quantitative estimate of drug-likeness (QED) is 0.576. The van der Waals surface area contributed by atoms with Gasteiger partial charge in [-0.2, -0.15) is 0 Å². The minimum Gasteiger partial charge on any atom is -0.545 e. The lowest BCUT2D eigenvalue weighted by Crippen LogP contribution is -2.44. The van der Waals surface area contributed by atoms with Crippen LogP contribution in [0, 0.1) is 0 Å². The smallest absolute Gasteiger partial charge is 0.183 e. The molecule has 1 aromatic rings. The van der Waals surface area contributed by atoms with E-state index in [0.29, 0.717) is 6.10 Å².